The van der Waals surface area contributed by atoms with E-state index in [1.54, 1.807) is 6.92 Å². The number of aliphatic hydroxyl groups is 1. The van der Waals surface area contributed by atoms with Crippen molar-refractivity contribution in [2.75, 3.05) is 12.3 Å². The van der Waals surface area contributed by atoms with E-state index in [-0.39, 0.29) is 18.6 Å². The highest BCUT2D eigenvalue weighted by Crippen LogP contribution is 2.35. The van der Waals surface area contributed by atoms with Crippen molar-refractivity contribution in [1.82, 2.24) is 10.3 Å². The van der Waals surface area contributed by atoms with Gasteiger partial charge >= 0.3 is 0 Å². The number of aliphatic hydroxyl groups excluding tert-OH is 1. The van der Waals surface area contributed by atoms with Crippen molar-refractivity contribution in [2.45, 2.75) is 38.6 Å². The van der Waals surface area contributed by atoms with Crippen molar-refractivity contribution in [3.05, 3.63) is 22.2 Å². The quantitative estimate of drug-likeness (QED) is 0.807. The summed E-state index contributed by atoms with van der Waals surface area (Å²) in [6.45, 7) is 1.65. The summed E-state index contributed by atoms with van der Waals surface area (Å²) in [6.07, 6.45) is 4.40. The van der Waals surface area contributed by atoms with Crippen molar-refractivity contribution in [1.29, 1.82) is 0 Å². The summed E-state index contributed by atoms with van der Waals surface area (Å²) < 4.78 is 0. The molecular weight excluding hydrogens is 286 g/mol. The molecule has 112 valence electrons. The maximum atomic E-state index is 12.2. The Balaban J connectivity index is 2.01. The maximum Gasteiger partial charge on any atom is 0.263 e. The van der Waals surface area contributed by atoms with Crippen molar-refractivity contribution < 1.29 is 9.90 Å². The lowest BCUT2D eigenvalue weighted by Gasteiger charge is -2.14. The van der Waals surface area contributed by atoms with Gasteiger partial charge < -0.3 is 16.2 Å². The topological polar surface area (TPSA) is 88.2 Å². The molecule has 0 saturated heterocycles. The number of rotatable bonds is 3. The minimum absolute atomic E-state index is 0.0942. The molecule has 6 heteroatoms. The van der Waals surface area contributed by atoms with Gasteiger partial charge in [-0.05, 0) is 44.2 Å². The number of carbonyl (C=O) groups is 1. The lowest BCUT2D eigenvalue weighted by Crippen LogP contribution is -2.34. The first-order chi connectivity index (χ1) is 10.1. The fourth-order valence-electron chi connectivity index (χ4n) is 2.66. The largest absolute Gasteiger partial charge is 0.397 e. The van der Waals surface area contributed by atoms with Crippen LogP contribution in [-0.2, 0) is 12.8 Å². The van der Waals surface area contributed by atoms with Crippen LogP contribution in [0.15, 0.2) is 6.07 Å². The zero-order chi connectivity index (χ0) is 15.0. The Labute approximate surface area is 127 Å². The molecule has 1 atom stereocenters. The number of hydrogen-bond acceptors (Lipinski definition) is 5. The van der Waals surface area contributed by atoms with E-state index in [1.165, 1.54) is 29.7 Å². The summed E-state index contributed by atoms with van der Waals surface area (Å²) in [5.41, 5.74) is 9.04. The molecule has 21 heavy (non-hydrogen) atoms. The fraction of sp³-hybridized carbons (Fsp3) is 0.467. The third-order valence-electron chi connectivity index (χ3n) is 3.86. The average molecular weight is 305 g/mol. The van der Waals surface area contributed by atoms with Gasteiger partial charge in [-0.1, -0.05) is 0 Å². The van der Waals surface area contributed by atoms with Crippen LogP contribution >= 0.6 is 11.3 Å². The molecule has 1 aliphatic carbocycles. The number of nitrogens with two attached hydrogens (primary N) is 1. The van der Waals surface area contributed by atoms with Crippen LogP contribution in [0.5, 0.6) is 0 Å². The molecule has 5 nitrogen and oxygen atoms in total. The summed E-state index contributed by atoms with van der Waals surface area (Å²) in [7, 11) is 0. The van der Waals surface area contributed by atoms with Crippen LogP contribution in [0.25, 0.3) is 10.2 Å². The Morgan fingerprint density at radius 3 is 3.05 bits per heavy atom. The van der Waals surface area contributed by atoms with E-state index in [0.29, 0.717) is 10.6 Å². The SMILES string of the molecule is CC(CO)NC(=O)c1sc2nc3c(cc2c1N)CCCC3. The first-order valence-corrected chi connectivity index (χ1v) is 8.04. The summed E-state index contributed by atoms with van der Waals surface area (Å²) in [6, 6.07) is 1.80. The number of aryl methyl sites for hydroxylation is 2. The van der Waals surface area contributed by atoms with Gasteiger partial charge in [-0.25, -0.2) is 4.98 Å². The summed E-state index contributed by atoms with van der Waals surface area (Å²) in [4.78, 5) is 18.2. The molecule has 0 aliphatic heterocycles. The Morgan fingerprint density at radius 2 is 2.29 bits per heavy atom. The molecule has 2 heterocycles. The number of nitrogen functional groups attached to an aromatic ring is 1. The number of anilines is 1. The van der Waals surface area contributed by atoms with Crippen LogP contribution in [-0.4, -0.2) is 28.6 Å². The molecule has 3 rings (SSSR count). The summed E-state index contributed by atoms with van der Waals surface area (Å²) >= 11 is 1.33. The van der Waals surface area contributed by atoms with Gasteiger partial charge in [0.25, 0.3) is 5.91 Å². The average Bonchev–Trinajstić information content (AvgIpc) is 2.81. The van der Waals surface area contributed by atoms with Gasteiger partial charge in [0.05, 0.1) is 12.3 Å². The van der Waals surface area contributed by atoms with Crippen LogP contribution in [0.3, 0.4) is 0 Å². The van der Waals surface area contributed by atoms with Gasteiger partial charge in [0, 0.05) is 17.1 Å². The van der Waals surface area contributed by atoms with E-state index in [9.17, 15) is 4.79 Å². The van der Waals surface area contributed by atoms with Crippen LogP contribution < -0.4 is 11.1 Å². The van der Waals surface area contributed by atoms with E-state index >= 15 is 0 Å². The molecule has 0 spiro atoms. The third-order valence-corrected chi connectivity index (χ3v) is 4.97. The number of nitrogens with zero attached hydrogens (tertiary/aromatic N) is 1. The number of nitrogens with one attached hydrogen (secondary N) is 1. The van der Waals surface area contributed by atoms with E-state index in [0.717, 1.165) is 28.8 Å². The van der Waals surface area contributed by atoms with E-state index in [1.807, 2.05) is 0 Å². The Hall–Kier alpha value is -1.66. The van der Waals surface area contributed by atoms with Gasteiger partial charge in [0.2, 0.25) is 0 Å². The molecule has 0 saturated carbocycles. The normalized spacial score (nSPS) is 15.7. The Kier molecular flexibility index (Phi) is 3.82. The zero-order valence-electron chi connectivity index (χ0n) is 12.0. The van der Waals surface area contributed by atoms with Gasteiger partial charge in [0.15, 0.2) is 0 Å². The van der Waals surface area contributed by atoms with Crippen LogP contribution in [0.4, 0.5) is 5.69 Å². The Morgan fingerprint density at radius 1 is 1.52 bits per heavy atom. The van der Waals surface area contributed by atoms with Crippen LogP contribution in [0.2, 0.25) is 0 Å². The maximum absolute atomic E-state index is 12.2. The predicted octanol–water partition coefficient (Wildman–Crippen LogP) is 1.87. The second-order valence-electron chi connectivity index (χ2n) is 5.56. The Bertz CT molecular complexity index is 696. The van der Waals surface area contributed by atoms with Gasteiger partial charge in [0.1, 0.15) is 9.71 Å². The van der Waals surface area contributed by atoms with E-state index < -0.39 is 0 Å². The minimum atomic E-state index is -0.289. The first kappa shape index (κ1) is 14.3. The highest BCUT2D eigenvalue weighted by atomic mass is 32.1. The van der Waals surface area contributed by atoms with E-state index in [4.69, 9.17) is 10.8 Å². The van der Waals surface area contributed by atoms with Gasteiger partial charge in [-0.2, -0.15) is 0 Å². The second-order valence-corrected chi connectivity index (χ2v) is 6.56. The molecule has 4 N–H and O–H groups in total. The molecule has 1 amide bonds. The van der Waals surface area contributed by atoms with Gasteiger partial charge in [-0.15, -0.1) is 11.3 Å². The molecule has 1 unspecified atom stereocenters. The number of aromatic nitrogens is 1. The highest BCUT2D eigenvalue weighted by Gasteiger charge is 2.21. The number of hydrogen-bond donors (Lipinski definition) is 3. The smallest absolute Gasteiger partial charge is 0.263 e. The lowest BCUT2D eigenvalue weighted by atomic mass is 9.95. The van der Waals surface area contributed by atoms with Crippen LogP contribution in [0.1, 0.15) is 40.7 Å². The van der Waals surface area contributed by atoms with Gasteiger partial charge in [-0.3, -0.25) is 4.79 Å². The molecule has 2 aromatic heterocycles. The van der Waals surface area contributed by atoms with Crippen molar-refractivity contribution in [2.24, 2.45) is 0 Å². The standard InChI is InChI=1S/C15H19N3O2S/c1-8(7-19)17-14(20)13-12(16)10-6-9-4-2-3-5-11(9)18-15(10)21-13/h6,8,19H,2-5,7,16H2,1H3,(H,17,20). The predicted molar refractivity (Wildman–Crippen MR) is 84.7 cm³/mol. The summed E-state index contributed by atoms with van der Waals surface area (Å²) in [5.74, 6) is -0.241. The number of fused-ring (bicyclic) bond motifs is 2. The molecule has 0 radical (unpaired) electrons. The van der Waals surface area contributed by atoms with Crippen molar-refractivity contribution >= 4 is 33.1 Å². The van der Waals surface area contributed by atoms with E-state index in [2.05, 4.69) is 16.4 Å². The molecule has 0 fully saturated rings. The molecule has 1 aliphatic rings. The van der Waals surface area contributed by atoms with Crippen LogP contribution in [0, 0.1) is 0 Å². The second kappa shape index (κ2) is 5.61. The first-order valence-electron chi connectivity index (χ1n) is 7.22. The fourth-order valence-corrected chi connectivity index (χ4v) is 3.66. The van der Waals surface area contributed by atoms with Crippen molar-refractivity contribution in [3.63, 3.8) is 0 Å². The van der Waals surface area contributed by atoms with Crippen molar-refractivity contribution in [3.8, 4) is 0 Å². The number of amides is 1. The number of carbonyl (C=O) groups excluding carboxylic acids is 1. The molecule has 0 bridgehead atoms. The number of pyridine rings is 1. The number of thiophene rings is 1. The zero-order valence-corrected chi connectivity index (χ0v) is 12.8. The lowest BCUT2D eigenvalue weighted by molar-refractivity contribution is 0.0927. The summed E-state index contributed by atoms with van der Waals surface area (Å²) in [5, 5.41) is 12.6. The molecular formula is C15H19N3O2S. The molecule has 0 aromatic carbocycles. The minimum Gasteiger partial charge on any atom is -0.397 e. The third kappa shape index (κ3) is 2.61. The highest BCUT2D eigenvalue weighted by molar-refractivity contribution is 7.21. The monoisotopic (exact) mass is 305 g/mol. The molecule has 2 aromatic rings.